The topological polar surface area (TPSA) is 122 Å². The predicted octanol–water partition coefficient (Wildman–Crippen LogP) is 2.63. The van der Waals surface area contributed by atoms with Gasteiger partial charge in [-0.25, -0.2) is 0 Å². The third-order valence-corrected chi connectivity index (χ3v) is 5.72. The maximum absolute atomic E-state index is 13.2. The van der Waals surface area contributed by atoms with Crippen LogP contribution in [0.1, 0.15) is 36.6 Å². The molecule has 3 N–H and O–H groups in total. The summed E-state index contributed by atoms with van der Waals surface area (Å²) in [6.45, 7) is 6.26. The molecule has 1 saturated heterocycles. The van der Waals surface area contributed by atoms with Crippen LogP contribution in [0.3, 0.4) is 0 Å². The number of ketones is 1. The number of hydrogen-bond acceptors (Lipinski definition) is 7. The summed E-state index contributed by atoms with van der Waals surface area (Å²) in [6.07, 6.45) is -0.0138. The van der Waals surface area contributed by atoms with Crippen LogP contribution >= 0.6 is 0 Å². The van der Waals surface area contributed by atoms with Crippen LogP contribution in [0.4, 0.5) is 0 Å². The predicted molar refractivity (Wildman–Crippen MR) is 136 cm³/mol. The van der Waals surface area contributed by atoms with Gasteiger partial charge in [-0.05, 0) is 76.3 Å². The molecule has 9 nitrogen and oxygen atoms in total. The lowest BCUT2D eigenvalue weighted by Gasteiger charge is -2.26. The number of carbonyl (C=O) groups excluding carboxylic acids is 3. The standard InChI is InChI=1S/C27H33N3O6/c1-16(2)36-21-11-8-19(14-17(21)3)25(32)23-24(30(13-12-29(4)5)27(34)26(23)33)18-6-9-20(10-7-18)35-15-22(28)31/h6-11,14,16,24,32H,12-13,15H2,1-5H3,(H2,28,31). The first-order valence-corrected chi connectivity index (χ1v) is 11.7. The third kappa shape index (κ3) is 6.04. The first kappa shape index (κ1) is 26.7. The molecule has 3 rings (SSSR count). The lowest BCUT2D eigenvalue weighted by molar-refractivity contribution is -0.140. The minimum atomic E-state index is -0.790. The number of aliphatic hydroxyl groups excluding tert-OH is 1. The summed E-state index contributed by atoms with van der Waals surface area (Å²) in [5, 5.41) is 11.3. The van der Waals surface area contributed by atoms with E-state index in [0.29, 0.717) is 35.7 Å². The summed E-state index contributed by atoms with van der Waals surface area (Å²) in [7, 11) is 3.75. The summed E-state index contributed by atoms with van der Waals surface area (Å²) in [6, 6.07) is 11.0. The van der Waals surface area contributed by atoms with E-state index in [1.54, 1.807) is 42.5 Å². The first-order chi connectivity index (χ1) is 17.0. The molecule has 0 radical (unpaired) electrons. The number of nitrogens with zero attached hydrogens (tertiary/aromatic N) is 2. The Bertz CT molecular complexity index is 1170. The fourth-order valence-corrected chi connectivity index (χ4v) is 4.00. The Kier molecular flexibility index (Phi) is 8.37. The number of amides is 2. The van der Waals surface area contributed by atoms with Gasteiger partial charge in [0.25, 0.3) is 17.6 Å². The molecule has 192 valence electrons. The molecule has 2 aromatic rings. The van der Waals surface area contributed by atoms with Gasteiger partial charge in [-0.2, -0.15) is 0 Å². The van der Waals surface area contributed by atoms with Gasteiger partial charge in [0.15, 0.2) is 6.61 Å². The molecular formula is C27H33N3O6. The molecule has 2 amide bonds. The number of likely N-dealkylation sites (N-methyl/N-ethyl adjacent to an activating group) is 1. The number of aliphatic hydroxyl groups is 1. The number of ether oxygens (including phenoxy) is 2. The van der Waals surface area contributed by atoms with Gasteiger partial charge in [-0.3, -0.25) is 14.4 Å². The Morgan fingerprint density at radius 3 is 2.36 bits per heavy atom. The molecule has 0 aromatic heterocycles. The fourth-order valence-electron chi connectivity index (χ4n) is 4.00. The maximum atomic E-state index is 13.2. The van der Waals surface area contributed by atoms with Gasteiger partial charge in [0.2, 0.25) is 0 Å². The van der Waals surface area contributed by atoms with E-state index in [0.717, 1.165) is 5.56 Å². The maximum Gasteiger partial charge on any atom is 0.295 e. The van der Waals surface area contributed by atoms with Crippen molar-refractivity contribution in [1.82, 2.24) is 9.80 Å². The molecule has 1 aliphatic rings. The number of aryl methyl sites for hydroxylation is 1. The molecule has 36 heavy (non-hydrogen) atoms. The number of Topliss-reactive ketones (excluding diaryl/α,β-unsaturated/α-hetero) is 1. The molecular weight excluding hydrogens is 462 g/mol. The highest BCUT2D eigenvalue weighted by molar-refractivity contribution is 6.46. The first-order valence-electron chi connectivity index (χ1n) is 11.7. The second kappa shape index (κ2) is 11.3. The van der Waals surface area contributed by atoms with E-state index in [-0.39, 0.29) is 24.0 Å². The second-order valence-corrected chi connectivity index (χ2v) is 9.27. The molecule has 0 spiro atoms. The summed E-state index contributed by atoms with van der Waals surface area (Å²) in [5.41, 5.74) is 6.98. The number of carbonyl (C=O) groups is 3. The minimum Gasteiger partial charge on any atom is -0.507 e. The van der Waals surface area contributed by atoms with Crippen molar-refractivity contribution in [3.63, 3.8) is 0 Å². The van der Waals surface area contributed by atoms with Crippen molar-refractivity contribution in [2.45, 2.75) is 32.9 Å². The highest BCUT2D eigenvalue weighted by Crippen LogP contribution is 2.40. The summed E-state index contributed by atoms with van der Waals surface area (Å²) >= 11 is 0. The number of hydrogen-bond donors (Lipinski definition) is 2. The smallest absolute Gasteiger partial charge is 0.295 e. The Hall–Kier alpha value is -3.85. The third-order valence-electron chi connectivity index (χ3n) is 5.72. The van der Waals surface area contributed by atoms with E-state index in [9.17, 15) is 19.5 Å². The van der Waals surface area contributed by atoms with Gasteiger partial charge in [0, 0.05) is 18.7 Å². The van der Waals surface area contributed by atoms with Gasteiger partial charge < -0.3 is 30.1 Å². The Labute approximate surface area is 211 Å². The van der Waals surface area contributed by atoms with E-state index in [1.165, 1.54) is 4.90 Å². The van der Waals surface area contributed by atoms with Crippen LogP contribution in [0.15, 0.2) is 48.0 Å². The normalized spacial score (nSPS) is 17.2. The summed E-state index contributed by atoms with van der Waals surface area (Å²) in [5.74, 6) is -1.18. The average Bonchev–Trinajstić information content (AvgIpc) is 3.07. The summed E-state index contributed by atoms with van der Waals surface area (Å²) < 4.78 is 11.1. The van der Waals surface area contributed by atoms with E-state index >= 15 is 0 Å². The average molecular weight is 496 g/mol. The Balaban J connectivity index is 2.06. The molecule has 9 heteroatoms. The van der Waals surface area contributed by atoms with Gasteiger partial charge in [0.1, 0.15) is 17.3 Å². The van der Waals surface area contributed by atoms with Crippen LogP contribution < -0.4 is 15.2 Å². The molecule has 1 aliphatic heterocycles. The van der Waals surface area contributed by atoms with Crippen molar-refractivity contribution >= 4 is 23.4 Å². The minimum absolute atomic E-state index is 0.0138. The molecule has 1 unspecified atom stereocenters. The zero-order valence-corrected chi connectivity index (χ0v) is 21.3. The van der Waals surface area contributed by atoms with Crippen molar-refractivity contribution in [2.24, 2.45) is 5.73 Å². The number of likely N-dealkylation sites (tertiary alicyclic amines) is 1. The van der Waals surface area contributed by atoms with Gasteiger partial charge in [-0.1, -0.05) is 12.1 Å². The lowest BCUT2D eigenvalue weighted by Crippen LogP contribution is -2.35. The zero-order valence-electron chi connectivity index (χ0n) is 21.3. The van der Waals surface area contributed by atoms with Crippen LogP contribution in [-0.2, 0) is 14.4 Å². The van der Waals surface area contributed by atoms with Gasteiger partial charge >= 0.3 is 0 Å². The summed E-state index contributed by atoms with van der Waals surface area (Å²) in [4.78, 5) is 40.6. The van der Waals surface area contributed by atoms with Crippen molar-refractivity contribution in [2.75, 3.05) is 33.8 Å². The van der Waals surface area contributed by atoms with Crippen LogP contribution in [-0.4, -0.2) is 72.4 Å². The number of rotatable bonds is 10. The van der Waals surface area contributed by atoms with Crippen LogP contribution in [0.2, 0.25) is 0 Å². The monoisotopic (exact) mass is 495 g/mol. The van der Waals surface area contributed by atoms with Crippen molar-refractivity contribution in [3.05, 3.63) is 64.7 Å². The Morgan fingerprint density at radius 1 is 1.14 bits per heavy atom. The SMILES string of the molecule is Cc1cc(C(O)=C2C(=O)C(=O)N(CCN(C)C)C2c2ccc(OCC(N)=O)cc2)ccc1OC(C)C. The van der Waals surface area contributed by atoms with Crippen molar-refractivity contribution in [1.29, 1.82) is 0 Å². The number of nitrogens with two attached hydrogens (primary N) is 1. The van der Waals surface area contributed by atoms with E-state index in [2.05, 4.69) is 0 Å². The van der Waals surface area contributed by atoms with Crippen LogP contribution in [0.5, 0.6) is 11.5 Å². The molecule has 0 bridgehead atoms. The highest BCUT2D eigenvalue weighted by atomic mass is 16.5. The number of primary amides is 1. The molecule has 0 aliphatic carbocycles. The zero-order chi connectivity index (χ0) is 26.6. The van der Waals surface area contributed by atoms with Crippen molar-refractivity contribution < 1.29 is 29.0 Å². The molecule has 1 fully saturated rings. The van der Waals surface area contributed by atoms with Crippen molar-refractivity contribution in [3.8, 4) is 11.5 Å². The molecule has 1 heterocycles. The van der Waals surface area contributed by atoms with E-state index < -0.39 is 23.6 Å². The lowest BCUT2D eigenvalue weighted by atomic mass is 9.94. The van der Waals surface area contributed by atoms with E-state index in [1.807, 2.05) is 39.8 Å². The van der Waals surface area contributed by atoms with Crippen LogP contribution in [0.25, 0.3) is 5.76 Å². The van der Waals surface area contributed by atoms with Gasteiger partial charge in [-0.15, -0.1) is 0 Å². The second-order valence-electron chi connectivity index (χ2n) is 9.27. The largest absolute Gasteiger partial charge is 0.507 e. The van der Waals surface area contributed by atoms with E-state index in [4.69, 9.17) is 15.2 Å². The highest BCUT2D eigenvalue weighted by Gasteiger charge is 2.45. The molecule has 0 saturated carbocycles. The fraction of sp³-hybridized carbons (Fsp3) is 0.370. The molecule has 2 aromatic carbocycles. The Morgan fingerprint density at radius 2 is 1.81 bits per heavy atom. The quantitative estimate of drug-likeness (QED) is 0.295. The van der Waals surface area contributed by atoms with Gasteiger partial charge in [0.05, 0.1) is 17.7 Å². The molecule has 1 atom stereocenters. The number of benzene rings is 2. The van der Waals surface area contributed by atoms with Crippen LogP contribution in [0, 0.1) is 6.92 Å².